The van der Waals surface area contributed by atoms with Crippen molar-refractivity contribution in [3.05, 3.63) is 35.1 Å². The zero-order chi connectivity index (χ0) is 15.8. The van der Waals surface area contributed by atoms with Crippen molar-refractivity contribution < 1.29 is 14.3 Å². The normalized spacial score (nSPS) is 11.5. The first-order valence-corrected chi connectivity index (χ1v) is 8.06. The molecule has 5 heteroatoms. The van der Waals surface area contributed by atoms with E-state index in [1.54, 1.807) is 29.8 Å². The quantitative estimate of drug-likeness (QED) is 0.849. The van der Waals surface area contributed by atoms with Crippen molar-refractivity contribution in [2.45, 2.75) is 19.4 Å². The number of carbonyl (C=O) groups is 1. The summed E-state index contributed by atoms with van der Waals surface area (Å²) in [5.74, 6) is 5.41. The number of aliphatic hydroxyl groups excluding tert-OH is 1. The van der Waals surface area contributed by atoms with Crippen LogP contribution in [0.15, 0.2) is 18.2 Å². The fraction of sp³-hybridized carbons (Fsp3) is 0.438. The van der Waals surface area contributed by atoms with E-state index < -0.39 is 5.82 Å². The van der Waals surface area contributed by atoms with Gasteiger partial charge in [-0.25, -0.2) is 4.39 Å². The van der Waals surface area contributed by atoms with Crippen LogP contribution >= 0.6 is 11.8 Å². The molecule has 0 radical (unpaired) electrons. The third-order valence-electron chi connectivity index (χ3n) is 3.07. The SMILES string of the molecule is CSCC(C)N(C)C(=O)c1ccc(C#CCCO)c(F)c1. The molecule has 0 saturated carbocycles. The van der Waals surface area contributed by atoms with Gasteiger partial charge in [0.2, 0.25) is 0 Å². The molecule has 0 aliphatic rings. The van der Waals surface area contributed by atoms with E-state index in [2.05, 4.69) is 11.8 Å². The van der Waals surface area contributed by atoms with Gasteiger partial charge >= 0.3 is 0 Å². The van der Waals surface area contributed by atoms with E-state index in [-0.39, 0.29) is 24.1 Å². The Hall–Kier alpha value is -1.51. The predicted octanol–water partition coefficient (Wildman–Crippen LogP) is 2.38. The summed E-state index contributed by atoms with van der Waals surface area (Å²) in [5.41, 5.74) is 0.551. The van der Waals surface area contributed by atoms with Crippen LogP contribution in [0.1, 0.15) is 29.3 Å². The summed E-state index contributed by atoms with van der Waals surface area (Å²) in [6.07, 6.45) is 2.28. The lowest BCUT2D eigenvalue weighted by Gasteiger charge is -2.24. The second kappa shape index (κ2) is 8.71. The molecule has 0 heterocycles. The molecule has 1 unspecified atom stereocenters. The first-order valence-electron chi connectivity index (χ1n) is 6.66. The number of halogens is 1. The van der Waals surface area contributed by atoms with Gasteiger partial charge in [0, 0.05) is 30.8 Å². The van der Waals surface area contributed by atoms with E-state index in [1.807, 2.05) is 13.2 Å². The van der Waals surface area contributed by atoms with E-state index in [0.29, 0.717) is 12.0 Å². The molecule has 1 N–H and O–H groups in total. The van der Waals surface area contributed by atoms with Gasteiger partial charge in [-0.15, -0.1) is 0 Å². The predicted molar refractivity (Wildman–Crippen MR) is 84.9 cm³/mol. The molecule has 0 bridgehead atoms. The molecule has 21 heavy (non-hydrogen) atoms. The minimum atomic E-state index is -0.516. The van der Waals surface area contributed by atoms with Gasteiger partial charge in [0.15, 0.2) is 0 Å². The second-order valence-corrected chi connectivity index (χ2v) is 5.60. The van der Waals surface area contributed by atoms with Crippen molar-refractivity contribution in [2.75, 3.05) is 25.7 Å². The number of nitrogens with zero attached hydrogens (tertiary/aromatic N) is 1. The Morgan fingerprint density at radius 3 is 2.81 bits per heavy atom. The van der Waals surface area contributed by atoms with Crippen LogP contribution in [0.3, 0.4) is 0 Å². The molecule has 1 atom stereocenters. The molecule has 0 saturated heterocycles. The average molecular weight is 309 g/mol. The molecule has 0 aliphatic carbocycles. The highest BCUT2D eigenvalue weighted by molar-refractivity contribution is 7.98. The Bertz CT molecular complexity index is 551. The molecule has 0 aliphatic heterocycles. The number of amides is 1. The number of thioether (sulfide) groups is 1. The van der Waals surface area contributed by atoms with Crippen molar-refractivity contribution in [2.24, 2.45) is 0 Å². The van der Waals surface area contributed by atoms with Crippen molar-refractivity contribution >= 4 is 17.7 Å². The Labute approximate surface area is 129 Å². The zero-order valence-electron chi connectivity index (χ0n) is 12.5. The molecule has 1 aromatic rings. The maximum atomic E-state index is 13.9. The van der Waals surface area contributed by atoms with Crippen LogP contribution in [0.5, 0.6) is 0 Å². The van der Waals surface area contributed by atoms with E-state index in [4.69, 9.17) is 5.11 Å². The highest BCUT2D eigenvalue weighted by atomic mass is 32.2. The van der Waals surface area contributed by atoms with E-state index >= 15 is 0 Å². The average Bonchev–Trinajstić information content (AvgIpc) is 2.47. The summed E-state index contributed by atoms with van der Waals surface area (Å²) in [6, 6.07) is 4.38. The third kappa shape index (κ3) is 5.07. The van der Waals surface area contributed by atoms with Gasteiger partial charge in [-0.3, -0.25) is 4.79 Å². The van der Waals surface area contributed by atoms with Crippen molar-refractivity contribution in [1.82, 2.24) is 4.90 Å². The van der Waals surface area contributed by atoms with Crippen LogP contribution in [-0.2, 0) is 0 Å². The smallest absolute Gasteiger partial charge is 0.253 e. The van der Waals surface area contributed by atoms with Gasteiger partial charge in [0.1, 0.15) is 5.82 Å². The van der Waals surface area contributed by atoms with Crippen LogP contribution < -0.4 is 0 Å². The first-order chi connectivity index (χ1) is 10.0. The van der Waals surface area contributed by atoms with E-state index in [1.165, 1.54) is 12.1 Å². The summed E-state index contributed by atoms with van der Waals surface area (Å²) < 4.78 is 13.9. The molecule has 1 amide bonds. The topological polar surface area (TPSA) is 40.5 Å². The zero-order valence-corrected chi connectivity index (χ0v) is 13.3. The van der Waals surface area contributed by atoms with E-state index in [0.717, 1.165) is 5.75 Å². The van der Waals surface area contributed by atoms with Crippen molar-refractivity contribution in [3.63, 3.8) is 0 Å². The lowest BCUT2D eigenvalue weighted by atomic mass is 10.1. The number of benzene rings is 1. The largest absolute Gasteiger partial charge is 0.395 e. The monoisotopic (exact) mass is 309 g/mol. The van der Waals surface area contributed by atoms with Gasteiger partial charge < -0.3 is 10.0 Å². The van der Waals surface area contributed by atoms with Crippen molar-refractivity contribution in [3.8, 4) is 11.8 Å². The molecular weight excluding hydrogens is 289 g/mol. The maximum absolute atomic E-state index is 13.9. The number of hydrogen-bond acceptors (Lipinski definition) is 3. The number of aliphatic hydroxyl groups is 1. The summed E-state index contributed by atoms with van der Waals surface area (Å²) in [4.78, 5) is 13.9. The molecule has 1 rings (SSSR count). The van der Waals surface area contributed by atoms with Crippen LogP contribution in [0, 0.1) is 17.7 Å². The van der Waals surface area contributed by atoms with Gasteiger partial charge in [-0.2, -0.15) is 11.8 Å². The minimum absolute atomic E-state index is 0.0523. The number of carbonyl (C=O) groups excluding carboxylic acids is 1. The second-order valence-electron chi connectivity index (χ2n) is 4.69. The molecule has 3 nitrogen and oxygen atoms in total. The minimum Gasteiger partial charge on any atom is -0.395 e. The third-order valence-corrected chi connectivity index (χ3v) is 3.88. The molecule has 0 fully saturated rings. The fourth-order valence-electron chi connectivity index (χ4n) is 1.72. The fourth-order valence-corrected chi connectivity index (χ4v) is 2.43. The van der Waals surface area contributed by atoms with Gasteiger partial charge in [0.25, 0.3) is 5.91 Å². The first kappa shape index (κ1) is 17.5. The Morgan fingerprint density at radius 2 is 2.24 bits per heavy atom. The van der Waals surface area contributed by atoms with Crippen LogP contribution in [0.2, 0.25) is 0 Å². The van der Waals surface area contributed by atoms with Crippen molar-refractivity contribution in [1.29, 1.82) is 0 Å². The maximum Gasteiger partial charge on any atom is 0.253 e. The summed E-state index contributed by atoms with van der Waals surface area (Å²) in [7, 11) is 1.72. The molecule has 1 aromatic carbocycles. The lowest BCUT2D eigenvalue weighted by molar-refractivity contribution is 0.0757. The summed E-state index contributed by atoms with van der Waals surface area (Å²) >= 11 is 1.66. The molecule has 0 spiro atoms. The van der Waals surface area contributed by atoms with E-state index in [9.17, 15) is 9.18 Å². The summed E-state index contributed by atoms with van der Waals surface area (Å²) in [5, 5.41) is 8.64. The lowest BCUT2D eigenvalue weighted by Crippen LogP contribution is -2.36. The molecule has 0 aromatic heterocycles. The van der Waals surface area contributed by atoms with Gasteiger partial charge in [-0.1, -0.05) is 11.8 Å². The highest BCUT2D eigenvalue weighted by Gasteiger charge is 2.18. The highest BCUT2D eigenvalue weighted by Crippen LogP contribution is 2.13. The van der Waals surface area contributed by atoms with Crippen LogP contribution in [0.4, 0.5) is 4.39 Å². The summed E-state index contributed by atoms with van der Waals surface area (Å²) in [6.45, 7) is 1.91. The standard InChI is InChI=1S/C16H20FNO2S/c1-12(11-21-3)18(2)16(20)14-8-7-13(15(17)10-14)6-4-5-9-19/h7-8,10,12,19H,5,9,11H2,1-3H3. The number of rotatable bonds is 5. The van der Waals surface area contributed by atoms with Crippen LogP contribution in [-0.4, -0.2) is 47.6 Å². The number of hydrogen-bond donors (Lipinski definition) is 1. The van der Waals surface area contributed by atoms with Gasteiger partial charge in [0.05, 0.1) is 12.2 Å². The van der Waals surface area contributed by atoms with Crippen LogP contribution in [0.25, 0.3) is 0 Å². The molecular formula is C16H20FNO2S. The Morgan fingerprint density at radius 1 is 1.52 bits per heavy atom. The van der Waals surface area contributed by atoms with Gasteiger partial charge in [-0.05, 0) is 31.4 Å². The molecule has 114 valence electrons. The Balaban J connectivity index is 2.88. The Kier molecular flexibility index (Phi) is 7.27.